The number of aromatic nitrogens is 1. The quantitative estimate of drug-likeness (QED) is 0.636. The molecule has 0 radical (unpaired) electrons. The van der Waals surface area contributed by atoms with Crippen LogP contribution in [0.2, 0.25) is 5.02 Å². The molecule has 4 nitrogen and oxygen atoms in total. The van der Waals surface area contributed by atoms with Crippen LogP contribution in [0.15, 0.2) is 42.5 Å². The van der Waals surface area contributed by atoms with Crippen LogP contribution in [0.3, 0.4) is 0 Å². The van der Waals surface area contributed by atoms with Crippen LogP contribution in [0.25, 0.3) is 10.2 Å². The second-order valence-electron chi connectivity index (χ2n) is 7.01. The highest BCUT2D eigenvalue weighted by atomic mass is 35.5. The number of carbonyl (C=O) groups is 1. The van der Waals surface area contributed by atoms with Gasteiger partial charge in [0.2, 0.25) is 5.91 Å². The van der Waals surface area contributed by atoms with E-state index in [1.165, 1.54) is 11.1 Å². The summed E-state index contributed by atoms with van der Waals surface area (Å²) in [6.45, 7) is 3.25. The monoisotopic (exact) mass is 399 g/mol. The number of fused-ring (bicyclic) bond motifs is 1. The van der Waals surface area contributed by atoms with Crippen LogP contribution in [0.5, 0.6) is 0 Å². The van der Waals surface area contributed by atoms with Crippen molar-refractivity contribution in [3.05, 3.63) is 58.1 Å². The molecule has 3 aromatic rings. The van der Waals surface area contributed by atoms with Crippen molar-refractivity contribution in [3.63, 3.8) is 0 Å². The van der Waals surface area contributed by atoms with Gasteiger partial charge in [-0.1, -0.05) is 30.2 Å². The Balaban J connectivity index is 1.49. The van der Waals surface area contributed by atoms with E-state index in [4.69, 9.17) is 16.6 Å². The molecule has 0 bridgehead atoms. The zero-order valence-electron chi connectivity index (χ0n) is 15.2. The van der Waals surface area contributed by atoms with E-state index >= 15 is 0 Å². The molecule has 140 valence electrons. The molecule has 1 saturated heterocycles. The number of rotatable bonds is 4. The average Bonchev–Trinajstić information content (AvgIpc) is 3.08. The maximum absolute atomic E-state index is 12.7. The summed E-state index contributed by atoms with van der Waals surface area (Å²) in [5.74, 6) is 0.00781. The second kappa shape index (κ2) is 7.97. The first-order valence-corrected chi connectivity index (χ1v) is 10.4. The average molecular weight is 400 g/mol. The number of benzene rings is 2. The predicted octanol–water partition coefficient (Wildman–Crippen LogP) is 5.42. The molecule has 2 aromatic carbocycles. The van der Waals surface area contributed by atoms with Crippen molar-refractivity contribution < 1.29 is 4.79 Å². The largest absolute Gasteiger partial charge is 0.325 e. The van der Waals surface area contributed by atoms with E-state index in [-0.39, 0.29) is 11.9 Å². The summed E-state index contributed by atoms with van der Waals surface area (Å²) in [4.78, 5) is 19.8. The van der Waals surface area contributed by atoms with E-state index < -0.39 is 0 Å². The topological polar surface area (TPSA) is 45.2 Å². The molecule has 1 aliphatic heterocycles. The number of carbonyl (C=O) groups excluding carboxylic acids is 1. The van der Waals surface area contributed by atoms with Crippen molar-refractivity contribution in [1.82, 2.24) is 9.88 Å². The molecule has 27 heavy (non-hydrogen) atoms. The Labute approximate surface area is 168 Å². The molecule has 1 aliphatic rings. The van der Waals surface area contributed by atoms with Gasteiger partial charge in [-0.15, -0.1) is 11.3 Å². The minimum absolute atomic E-state index is 0.00781. The Morgan fingerprint density at radius 1 is 1.30 bits per heavy atom. The van der Waals surface area contributed by atoms with Gasteiger partial charge in [-0.3, -0.25) is 9.69 Å². The molecule has 6 heteroatoms. The number of aryl methyl sites for hydroxylation is 1. The lowest BCUT2D eigenvalue weighted by atomic mass is 10.0. The second-order valence-corrected chi connectivity index (χ2v) is 8.51. The molecule has 1 atom stereocenters. The van der Waals surface area contributed by atoms with Gasteiger partial charge in [-0.25, -0.2) is 4.98 Å². The normalized spacial score (nSPS) is 17.9. The number of piperidine rings is 1. The molecule has 0 saturated carbocycles. The molecule has 4 rings (SSSR count). The van der Waals surface area contributed by atoms with Crippen LogP contribution in [-0.4, -0.2) is 28.9 Å². The number of hydrogen-bond donors (Lipinski definition) is 1. The number of thiazole rings is 1. The Morgan fingerprint density at radius 2 is 2.15 bits per heavy atom. The van der Waals surface area contributed by atoms with Gasteiger partial charge < -0.3 is 5.32 Å². The van der Waals surface area contributed by atoms with Crippen molar-refractivity contribution in [1.29, 1.82) is 0 Å². The van der Waals surface area contributed by atoms with Gasteiger partial charge in [0.15, 0.2) is 0 Å². The number of likely N-dealkylation sites (tertiary alicyclic amines) is 1. The summed E-state index contributed by atoms with van der Waals surface area (Å²) in [7, 11) is 0. The van der Waals surface area contributed by atoms with E-state index in [9.17, 15) is 4.79 Å². The molecule has 1 fully saturated rings. The maximum Gasteiger partial charge on any atom is 0.238 e. The van der Waals surface area contributed by atoms with E-state index in [0.717, 1.165) is 41.2 Å². The van der Waals surface area contributed by atoms with Gasteiger partial charge in [-0.2, -0.15) is 0 Å². The molecule has 1 aromatic heterocycles. The van der Waals surface area contributed by atoms with Gasteiger partial charge in [0.05, 0.1) is 22.8 Å². The van der Waals surface area contributed by atoms with Gasteiger partial charge >= 0.3 is 0 Å². The number of amides is 1. The Kier molecular flexibility index (Phi) is 5.43. The highest BCUT2D eigenvalue weighted by Crippen LogP contribution is 2.35. The summed E-state index contributed by atoms with van der Waals surface area (Å²) in [5, 5.41) is 4.82. The Bertz CT molecular complexity index is 938. The molecule has 1 N–H and O–H groups in total. The highest BCUT2D eigenvalue weighted by molar-refractivity contribution is 7.18. The minimum atomic E-state index is 0.00781. The lowest BCUT2D eigenvalue weighted by Crippen LogP contribution is -2.39. The number of nitrogens with zero attached hydrogens (tertiary/aromatic N) is 2. The van der Waals surface area contributed by atoms with Crippen LogP contribution in [0.1, 0.15) is 35.9 Å². The van der Waals surface area contributed by atoms with Crippen LogP contribution in [0, 0.1) is 6.92 Å². The summed E-state index contributed by atoms with van der Waals surface area (Å²) < 4.78 is 1.21. The lowest BCUT2D eigenvalue weighted by Gasteiger charge is -2.33. The zero-order chi connectivity index (χ0) is 18.8. The van der Waals surface area contributed by atoms with Crippen LogP contribution < -0.4 is 5.32 Å². The van der Waals surface area contributed by atoms with Crippen molar-refractivity contribution >= 4 is 44.7 Å². The van der Waals surface area contributed by atoms with Crippen molar-refractivity contribution in [2.75, 3.05) is 18.4 Å². The molecule has 0 aliphatic carbocycles. The Morgan fingerprint density at radius 3 is 2.96 bits per heavy atom. The first kappa shape index (κ1) is 18.4. The number of para-hydroxylation sites is 1. The first-order chi connectivity index (χ1) is 13.1. The smallest absolute Gasteiger partial charge is 0.238 e. The first-order valence-electron chi connectivity index (χ1n) is 9.26. The van der Waals surface area contributed by atoms with Crippen LogP contribution in [-0.2, 0) is 4.79 Å². The SMILES string of the molecule is Cc1cc(Cl)ccc1NC(=O)CN1CCCC[C@@H]1c1nc2ccccc2s1. The number of nitrogens with one attached hydrogen (secondary N) is 1. The fourth-order valence-corrected chi connectivity index (χ4v) is 5.00. The van der Waals surface area contributed by atoms with E-state index in [1.807, 2.05) is 31.2 Å². The highest BCUT2D eigenvalue weighted by Gasteiger charge is 2.28. The fourth-order valence-electron chi connectivity index (χ4n) is 3.63. The third-order valence-corrected chi connectivity index (χ3v) is 6.39. The summed E-state index contributed by atoms with van der Waals surface area (Å²) in [6, 6.07) is 14.0. The predicted molar refractivity (Wildman–Crippen MR) is 113 cm³/mol. The maximum atomic E-state index is 12.7. The summed E-state index contributed by atoms with van der Waals surface area (Å²) in [6.07, 6.45) is 3.34. The van der Waals surface area contributed by atoms with E-state index in [2.05, 4.69) is 22.3 Å². The molecule has 2 heterocycles. The molecule has 0 unspecified atom stereocenters. The standard InChI is InChI=1S/C21H22ClN3OS/c1-14-12-15(22)9-10-16(14)23-20(26)13-25-11-5-4-7-18(25)21-24-17-6-2-3-8-19(17)27-21/h2-3,6,8-10,12,18H,4-5,7,11,13H2,1H3,(H,23,26)/t18-/m1/s1. The fraction of sp³-hybridized carbons (Fsp3) is 0.333. The van der Waals surface area contributed by atoms with E-state index in [0.29, 0.717) is 11.6 Å². The molecule has 0 spiro atoms. The Hall–Kier alpha value is -1.95. The molecular formula is C21H22ClN3OS. The number of hydrogen-bond acceptors (Lipinski definition) is 4. The third kappa shape index (κ3) is 4.15. The van der Waals surface area contributed by atoms with Crippen LogP contribution in [0.4, 0.5) is 5.69 Å². The van der Waals surface area contributed by atoms with Gasteiger partial charge in [0.25, 0.3) is 0 Å². The summed E-state index contributed by atoms with van der Waals surface area (Å²) >= 11 is 7.75. The summed E-state index contributed by atoms with van der Waals surface area (Å²) in [5.41, 5.74) is 2.83. The zero-order valence-corrected chi connectivity index (χ0v) is 16.8. The molecule has 1 amide bonds. The van der Waals surface area contributed by atoms with Crippen LogP contribution >= 0.6 is 22.9 Å². The molecular weight excluding hydrogens is 378 g/mol. The number of halogens is 1. The number of anilines is 1. The van der Waals surface area contributed by atoms with E-state index in [1.54, 1.807) is 17.4 Å². The van der Waals surface area contributed by atoms with Gasteiger partial charge in [0, 0.05) is 10.7 Å². The van der Waals surface area contributed by atoms with Crippen molar-refractivity contribution in [3.8, 4) is 0 Å². The van der Waals surface area contributed by atoms with Gasteiger partial charge in [-0.05, 0) is 62.2 Å². The van der Waals surface area contributed by atoms with Crippen molar-refractivity contribution in [2.24, 2.45) is 0 Å². The van der Waals surface area contributed by atoms with Crippen molar-refractivity contribution in [2.45, 2.75) is 32.2 Å². The van der Waals surface area contributed by atoms with Gasteiger partial charge in [0.1, 0.15) is 5.01 Å². The third-order valence-electron chi connectivity index (χ3n) is 5.02. The lowest BCUT2D eigenvalue weighted by molar-refractivity contribution is -0.118. The minimum Gasteiger partial charge on any atom is -0.325 e.